The maximum atomic E-state index is 11.4. The van der Waals surface area contributed by atoms with E-state index in [0.717, 1.165) is 35.7 Å². The molecule has 0 fully saturated rings. The summed E-state index contributed by atoms with van der Waals surface area (Å²) in [6.07, 6.45) is 0.862. The van der Waals surface area contributed by atoms with Gasteiger partial charge in [0.05, 0.1) is 0 Å². The third kappa shape index (κ3) is 5.08. The normalized spacial score (nSPS) is 10.3. The van der Waals surface area contributed by atoms with Crippen LogP contribution in [0.3, 0.4) is 0 Å². The monoisotopic (exact) mass is 355 g/mol. The number of nitrogens with one attached hydrogen (secondary N) is 2. The summed E-state index contributed by atoms with van der Waals surface area (Å²) < 4.78 is 5.17. The number of amides is 1. The molecule has 0 aromatic heterocycles. The quantitative estimate of drug-likeness (QED) is 0.364. The molecule has 0 saturated carbocycles. The third-order valence-electron chi connectivity index (χ3n) is 4.00. The van der Waals surface area contributed by atoms with Crippen molar-refractivity contribution < 1.29 is 14.7 Å². The average Bonchev–Trinajstić information content (AvgIpc) is 2.66. The zero-order valence-corrected chi connectivity index (χ0v) is 15.2. The largest absolute Gasteiger partial charge is 0.385 e. The van der Waals surface area contributed by atoms with E-state index >= 15 is 0 Å². The molecule has 0 aliphatic heterocycles. The van der Waals surface area contributed by atoms with Crippen LogP contribution in [0.15, 0.2) is 60.9 Å². The van der Waals surface area contributed by atoms with Gasteiger partial charge in [0.1, 0.15) is 5.82 Å². The SMILES string of the molecule is C=C(Nc1ccc(C(=O)NO)cc1)N(CCCOC)c1ccccc1C. The van der Waals surface area contributed by atoms with Crippen LogP contribution in [0.4, 0.5) is 11.4 Å². The first-order valence-electron chi connectivity index (χ1n) is 8.39. The highest BCUT2D eigenvalue weighted by Crippen LogP contribution is 2.24. The van der Waals surface area contributed by atoms with Crippen LogP contribution in [0, 0.1) is 6.92 Å². The number of carbonyl (C=O) groups excluding carboxylic acids is 1. The smallest absolute Gasteiger partial charge is 0.274 e. The zero-order valence-electron chi connectivity index (χ0n) is 15.2. The number of benzene rings is 2. The van der Waals surface area contributed by atoms with Gasteiger partial charge in [0, 0.05) is 37.2 Å². The van der Waals surface area contributed by atoms with E-state index in [2.05, 4.69) is 35.9 Å². The van der Waals surface area contributed by atoms with Gasteiger partial charge in [-0.3, -0.25) is 10.0 Å². The van der Waals surface area contributed by atoms with Gasteiger partial charge in [-0.25, -0.2) is 5.48 Å². The summed E-state index contributed by atoms with van der Waals surface area (Å²) in [5.41, 5.74) is 5.03. The lowest BCUT2D eigenvalue weighted by Crippen LogP contribution is -2.28. The summed E-state index contributed by atoms with van der Waals surface area (Å²) in [6, 6.07) is 14.9. The van der Waals surface area contributed by atoms with Crippen molar-refractivity contribution >= 4 is 17.3 Å². The number of hydroxylamine groups is 1. The molecule has 0 heterocycles. The molecule has 0 aliphatic carbocycles. The van der Waals surface area contributed by atoms with Crippen molar-refractivity contribution in [3.63, 3.8) is 0 Å². The molecule has 6 heteroatoms. The molecule has 0 spiro atoms. The molecular weight excluding hydrogens is 330 g/mol. The summed E-state index contributed by atoms with van der Waals surface area (Å²) in [4.78, 5) is 13.5. The number of nitrogens with zero attached hydrogens (tertiary/aromatic N) is 1. The third-order valence-corrected chi connectivity index (χ3v) is 4.00. The van der Waals surface area contributed by atoms with Crippen molar-refractivity contribution in [3.05, 3.63) is 72.1 Å². The topological polar surface area (TPSA) is 73.8 Å². The Hall–Kier alpha value is -2.83. The molecule has 3 N–H and O–H groups in total. The van der Waals surface area contributed by atoms with E-state index in [1.165, 1.54) is 0 Å². The van der Waals surface area contributed by atoms with Crippen LogP contribution in [-0.4, -0.2) is 31.4 Å². The molecule has 26 heavy (non-hydrogen) atoms. The van der Waals surface area contributed by atoms with Gasteiger partial charge < -0.3 is 15.0 Å². The Kier molecular flexibility index (Phi) is 7.20. The summed E-state index contributed by atoms with van der Waals surface area (Å²) in [7, 11) is 1.69. The highest BCUT2D eigenvalue weighted by molar-refractivity contribution is 5.93. The minimum Gasteiger partial charge on any atom is -0.385 e. The lowest BCUT2D eigenvalue weighted by molar-refractivity contribution is 0.0706. The average molecular weight is 355 g/mol. The summed E-state index contributed by atoms with van der Waals surface area (Å²) in [6.45, 7) is 7.67. The van der Waals surface area contributed by atoms with Crippen molar-refractivity contribution in [2.45, 2.75) is 13.3 Å². The van der Waals surface area contributed by atoms with Crippen LogP contribution < -0.4 is 15.7 Å². The maximum Gasteiger partial charge on any atom is 0.274 e. The molecule has 0 bridgehead atoms. The number of para-hydroxylation sites is 1. The molecule has 0 aliphatic rings. The number of hydrogen-bond acceptors (Lipinski definition) is 5. The van der Waals surface area contributed by atoms with E-state index < -0.39 is 5.91 Å². The number of anilines is 2. The van der Waals surface area contributed by atoms with Crippen LogP contribution >= 0.6 is 0 Å². The number of carbonyl (C=O) groups is 1. The highest BCUT2D eigenvalue weighted by atomic mass is 16.5. The van der Waals surface area contributed by atoms with Gasteiger partial charge in [-0.2, -0.15) is 0 Å². The summed E-state index contributed by atoms with van der Waals surface area (Å²) in [5.74, 6) is 0.186. The highest BCUT2D eigenvalue weighted by Gasteiger charge is 2.13. The van der Waals surface area contributed by atoms with Gasteiger partial charge in [-0.1, -0.05) is 24.8 Å². The second kappa shape index (κ2) is 9.60. The molecular formula is C20H25N3O3. The lowest BCUT2D eigenvalue weighted by atomic mass is 10.1. The molecule has 2 aromatic carbocycles. The summed E-state index contributed by atoms with van der Waals surface area (Å²) >= 11 is 0. The predicted octanol–water partition coefficient (Wildman–Crippen LogP) is 3.54. The van der Waals surface area contributed by atoms with Crippen LogP contribution in [-0.2, 0) is 4.74 Å². The van der Waals surface area contributed by atoms with E-state index in [-0.39, 0.29) is 0 Å². The van der Waals surface area contributed by atoms with Crippen molar-refractivity contribution in [1.82, 2.24) is 5.48 Å². The Morgan fingerprint density at radius 2 is 1.88 bits per heavy atom. The molecule has 2 aromatic rings. The number of hydrogen-bond donors (Lipinski definition) is 3. The van der Waals surface area contributed by atoms with Crippen LogP contribution in [0.5, 0.6) is 0 Å². The molecule has 2 rings (SSSR count). The number of methoxy groups -OCH3 is 1. The Balaban J connectivity index is 2.15. The van der Waals surface area contributed by atoms with Crippen molar-refractivity contribution in [2.24, 2.45) is 0 Å². The minimum atomic E-state index is -0.545. The van der Waals surface area contributed by atoms with Gasteiger partial charge in [0.15, 0.2) is 0 Å². The maximum absolute atomic E-state index is 11.4. The Bertz CT molecular complexity index is 744. The Labute approximate surface area is 154 Å². The van der Waals surface area contributed by atoms with Crippen molar-refractivity contribution in [3.8, 4) is 0 Å². The van der Waals surface area contributed by atoms with Crippen molar-refractivity contribution in [1.29, 1.82) is 0 Å². The first-order chi connectivity index (χ1) is 12.6. The van der Waals surface area contributed by atoms with E-state index in [0.29, 0.717) is 12.2 Å². The van der Waals surface area contributed by atoms with Gasteiger partial charge in [0.2, 0.25) is 0 Å². The fourth-order valence-electron chi connectivity index (χ4n) is 2.64. The van der Waals surface area contributed by atoms with E-state index in [4.69, 9.17) is 9.94 Å². The van der Waals surface area contributed by atoms with E-state index in [1.807, 2.05) is 12.1 Å². The number of ether oxygens (including phenoxy) is 1. The fraction of sp³-hybridized carbons (Fsp3) is 0.250. The van der Waals surface area contributed by atoms with Gasteiger partial charge >= 0.3 is 0 Å². The van der Waals surface area contributed by atoms with Crippen molar-refractivity contribution in [2.75, 3.05) is 30.5 Å². The molecule has 0 atom stereocenters. The van der Waals surface area contributed by atoms with Gasteiger partial charge in [-0.05, 0) is 49.2 Å². The van der Waals surface area contributed by atoms with Crippen LogP contribution in [0.1, 0.15) is 22.3 Å². The van der Waals surface area contributed by atoms with E-state index in [9.17, 15) is 4.79 Å². The Morgan fingerprint density at radius 3 is 2.50 bits per heavy atom. The second-order valence-corrected chi connectivity index (χ2v) is 5.87. The molecule has 0 unspecified atom stereocenters. The molecule has 6 nitrogen and oxygen atoms in total. The lowest BCUT2D eigenvalue weighted by Gasteiger charge is -2.29. The first-order valence-corrected chi connectivity index (χ1v) is 8.39. The zero-order chi connectivity index (χ0) is 18.9. The van der Waals surface area contributed by atoms with Crippen LogP contribution in [0.2, 0.25) is 0 Å². The molecule has 0 radical (unpaired) electrons. The number of rotatable bonds is 9. The molecule has 138 valence electrons. The van der Waals surface area contributed by atoms with Crippen LogP contribution in [0.25, 0.3) is 0 Å². The van der Waals surface area contributed by atoms with Gasteiger partial charge in [0.25, 0.3) is 5.91 Å². The molecule has 0 saturated heterocycles. The fourth-order valence-corrected chi connectivity index (χ4v) is 2.64. The first kappa shape index (κ1) is 19.5. The predicted molar refractivity (Wildman–Crippen MR) is 103 cm³/mol. The minimum absolute atomic E-state index is 0.375. The number of aryl methyl sites for hydroxylation is 1. The second-order valence-electron chi connectivity index (χ2n) is 5.87. The summed E-state index contributed by atoms with van der Waals surface area (Å²) in [5, 5.41) is 12.0. The molecule has 1 amide bonds. The Morgan fingerprint density at radius 1 is 1.19 bits per heavy atom. The standard InChI is InChI=1S/C20H25N3O3/c1-15-7-4-5-8-19(15)23(13-6-14-26-3)16(2)21-18-11-9-17(10-12-18)20(24)22-25/h4-5,7-12,21,25H,2,6,13-14H2,1,3H3,(H,22,24). The van der Waals surface area contributed by atoms with E-state index in [1.54, 1.807) is 36.9 Å². The van der Waals surface area contributed by atoms with Gasteiger partial charge in [-0.15, -0.1) is 0 Å².